The summed E-state index contributed by atoms with van der Waals surface area (Å²) >= 11 is 0. The van der Waals surface area contributed by atoms with E-state index in [2.05, 4.69) is 47.0 Å². The van der Waals surface area contributed by atoms with Crippen molar-refractivity contribution in [3.05, 3.63) is 0 Å². The molecule has 0 radical (unpaired) electrons. The van der Waals surface area contributed by atoms with E-state index < -0.39 is 39.1 Å². The Hall–Kier alpha value is 0.0800. The molecule has 0 aliphatic heterocycles. The van der Waals surface area contributed by atoms with Crippen LogP contribution in [0.1, 0.15) is 78.8 Å². The van der Waals surface area contributed by atoms with Gasteiger partial charge < -0.3 is 28.3 Å². The Morgan fingerprint density at radius 3 is 2.03 bits per heavy atom. The summed E-state index contributed by atoms with van der Waals surface area (Å²) in [7, 11) is -5.27. The summed E-state index contributed by atoms with van der Waals surface area (Å²) in [5.74, 6) is 12.4. The van der Waals surface area contributed by atoms with Crippen molar-refractivity contribution in [2.24, 2.45) is 0 Å². The van der Waals surface area contributed by atoms with Gasteiger partial charge in [-0.25, -0.2) is 4.79 Å². The molecule has 0 spiro atoms. The minimum absolute atomic E-state index is 0. The first-order chi connectivity index (χ1) is 14.8. The molecular formula is C22H41Na2O8PS. The van der Waals surface area contributed by atoms with E-state index in [4.69, 9.17) is 9.47 Å². The summed E-state index contributed by atoms with van der Waals surface area (Å²) in [5.41, 5.74) is 0. The molecule has 8 nitrogen and oxygen atoms in total. The molecule has 0 fully saturated rings. The van der Waals surface area contributed by atoms with Crippen molar-refractivity contribution in [1.29, 1.82) is 0 Å². The van der Waals surface area contributed by atoms with Crippen LogP contribution in [-0.4, -0.2) is 31.3 Å². The number of carbonyl (C=O) groups excluding carboxylic acids is 2. The third kappa shape index (κ3) is 30.1. The molecule has 190 valence electrons. The van der Waals surface area contributed by atoms with Crippen LogP contribution in [0.25, 0.3) is 0 Å². The summed E-state index contributed by atoms with van der Waals surface area (Å²) in [6, 6.07) is 0. The molecule has 0 amide bonds. The van der Waals surface area contributed by atoms with Crippen LogP contribution in [0.2, 0.25) is 0 Å². The summed E-state index contributed by atoms with van der Waals surface area (Å²) in [5, 5.41) is 0. The van der Waals surface area contributed by atoms with Gasteiger partial charge in [-0.1, -0.05) is 57.8 Å². The maximum absolute atomic E-state index is 12.0. The fourth-order valence-electron chi connectivity index (χ4n) is 2.35. The third-order valence-electron chi connectivity index (χ3n) is 3.83. The number of unbranched alkanes of at least 4 members (excludes halogenated alkanes) is 7. The molecule has 0 aromatic rings. The number of phosphoric acid groups is 1. The van der Waals surface area contributed by atoms with Gasteiger partial charge in [-0.15, -0.1) is 0 Å². The first-order valence-electron chi connectivity index (χ1n) is 10.2. The van der Waals surface area contributed by atoms with Crippen molar-refractivity contribution in [1.82, 2.24) is 0 Å². The van der Waals surface area contributed by atoms with Gasteiger partial charge >= 0.3 is 71.1 Å². The average Bonchev–Trinajstić information content (AvgIpc) is 2.71. The average molecular weight is 543 g/mol. The number of hydrogen-bond donors (Lipinski definition) is 0. The van der Waals surface area contributed by atoms with Crippen molar-refractivity contribution in [2.75, 3.05) is 13.2 Å². The molecule has 0 bridgehead atoms. The van der Waals surface area contributed by atoms with E-state index in [0.717, 1.165) is 19.3 Å². The Morgan fingerprint density at radius 2 is 1.47 bits per heavy atom. The van der Waals surface area contributed by atoms with E-state index in [0.29, 0.717) is 6.42 Å². The zero-order valence-corrected chi connectivity index (χ0v) is 26.5. The van der Waals surface area contributed by atoms with E-state index in [1.807, 2.05) is 0 Å². The zero-order chi connectivity index (χ0) is 23.4. The zero-order valence-electron chi connectivity index (χ0n) is 20.6. The van der Waals surface area contributed by atoms with Crippen LogP contribution in [0.5, 0.6) is 0 Å². The van der Waals surface area contributed by atoms with Gasteiger partial charge in [0, 0.05) is 19.5 Å². The monoisotopic (exact) mass is 542 g/mol. The molecule has 0 N–H and O–H groups in total. The molecule has 12 heteroatoms. The molecule has 0 saturated carbocycles. The maximum atomic E-state index is 12.0. The maximum Gasteiger partial charge on any atom is 1.00 e. The summed E-state index contributed by atoms with van der Waals surface area (Å²) in [4.78, 5) is 44.9. The molecule has 0 heterocycles. The molecule has 0 saturated heterocycles. The van der Waals surface area contributed by atoms with Crippen LogP contribution in [0.3, 0.4) is 0 Å². The number of esters is 2. The van der Waals surface area contributed by atoms with E-state index in [1.165, 1.54) is 25.7 Å². The first-order valence-corrected chi connectivity index (χ1v) is 11.7. The first kappa shape index (κ1) is 41.2. The van der Waals surface area contributed by atoms with Gasteiger partial charge in [0.15, 0.2) is 6.10 Å². The number of hydrogen-bond acceptors (Lipinski definition) is 8. The Bertz CT molecular complexity index is 805. The fraction of sp³-hybridized carbons (Fsp3) is 0.636. The molecule has 0 aromatic heterocycles. The Labute approximate surface area is 262 Å². The van der Waals surface area contributed by atoms with Gasteiger partial charge in [0.2, 0.25) is 0 Å². The van der Waals surface area contributed by atoms with Gasteiger partial charge in [-0.2, -0.15) is 13.5 Å². The van der Waals surface area contributed by atoms with Crippen LogP contribution in [0.15, 0.2) is 0 Å². The molecule has 1 atom stereocenters. The molecular weight excluding hydrogens is 501 g/mol. The van der Waals surface area contributed by atoms with Gasteiger partial charge in [-0.3, -0.25) is 4.79 Å². The number of phosphoric ester groups is 1. The normalized spacial score (nSPS) is 10.0. The molecule has 0 rings (SSSR count). The van der Waals surface area contributed by atoms with Gasteiger partial charge in [0.05, 0.1) is 14.4 Å². The minimum atomic E-state index is -5.27. The Morgan fingerprint density at radius 1 is 0.912 bits per heavy atom. The number of ether oxygens (including phenoxy) is 2. The van der Waals surface area contributed by atoms with Gasteiger partial charge in [0.1, 0.15) is 6.61 Å². The molecule has 0 aliphatic rings. The predicted octanol–water partition coefficient (Wildman–Crippen LogP) is -2.80. The van der Waals surface area contributed by atoms with Crippen molar-refractivity contribution in [2.45, 2.75) is 77.7 Å². The third-order valence-corrected chi connectivity index (χ3v) is 4.29. The second-order valence-corrected chi connectivity index (χ2v) is 7.71. The minimum Gasteiger partial charge on any atom is -0.790 e. The second kappa shape index (κ2) is 27.7. The van der Waals surface area contributed by atoms with Crippen molar-refractivity contribution in [3.63, 3.8) is 0 Å². The van der Waals surface area contributed by atoms with Crippen molar-refractivity contribution < 1.29 is 104 Å². The van der Waals surface area contributed by atoms with Crippen LogP contribution >= 0.6 is 21.3 Å². The summed E-state index contributed by atoms with van der Waals surface area (Å²) in [6.45, 7) is 2.49. The van der Waals surface area contributed by atoms with E-state index in [1.54, 1.807) is 6.92 Å². The van der Waals surface area contributed by atoms with Gasteiger partial charge in [0.25, 0.3) is 0 Å². The predicted molar refractivity (Wildman–Crippen MR) is 132 cm³/mol. The van der Waals surface area contributed by atoms with Crippen LogP contribution in [0.4, 0.5) is 0 Å². The molecule has 0 aliphatic carbocycles. The Kier molecular flexibility index (Phi) is 33.5. The van der Waals surface area contributed by atoms with Crippen molar-refractivity contribution >= 4 is 33.3 Å². The molecule has 0 unspecified atom stereocenters. The number of rotatable bonds is 15. The SMILES string of the molecule is CC#CC#CC#CC(=O)OC[C@@H](COP(=O)([O-])[O-])OC(=O)CCCCCCCCCC.S.[HH].[HH].[HH].[HH].[HH].[Na+].[Na+]. The van der Waals surface area contributed by atoms with Crippen molar-refractivity contribution in [3.8, 4) is 35.5 Å². The van der Waals surface area contributed by atoms with Crippen LogP contribution < -0.4 is 68.9 Å². The Balaban J connectivity index is -0.000000161. The fourth-order valence-corrected chi connectivity index (χ4v) is 2.70. The van der Waals surface area contributed by atoms with E-state index >= 15 is 0 Å². The smallest absolute Gasteiger partial charge is 0.790 e. The summed E-state index contributed by atoms with van der Waals surface area (Å²) in [6.07, 6.45) is 7.29. The largest absolute Gasteiger partial charge is 1.00 e. The standard InChI is InChI=1S/C22H31O8P.2Na.H2S.5H2/c1-3-5-7-9-10-11-13-15-17-22(24)30-20(19-29-31(25,26)27)18-28-21(23)16-14-12-8-6-4-2;;;;;;;;/h20H,3,5,7,9-11,13,15,17-19H2,1-2H3,(H2,25,26,27);;;1H2;5*1H/q;2*+1;;;;;;/p-2/t20-;;;;;;;;/m0......../s1. The van der Waals surface area contributed by atoms with E-state index in [9.17, 15) is 23.9 Å². The van der Waals surface area contributed by atoms with Crippen LogP contribution in [-0.2, 0) is 28.2 Å². The quantitative estimate of drug-likeness (QED) is 0.0543. The summed E-state index contributed by atoms with van der Waals surface area (Å²) < 4.78 is 24.7. The molecule has 0 aromatic carbocycles. The topological polar surface area (TPSA) is 125 Å². The number of carbonyl (C=O) groups is 2. The van der Waals surface area contributed by atoms with E-state index in [-0.39, 0.29) is 86.2 Å². The van der Waals surface area contributed by atoms with Gasteiger partial charge in [-0.05, 0) is 37.0 Å². The second-order valence-electron chi connectivity index (χ2n) is 6.55. The van der Waals surface area contributed by atoms with Crippen LogP contribution in [0, 0.1) is 35.5 Å². The molecule has 34 heavy (non-hydrogen) atoms.